The normalized spacial score (nSPS) is 14.4. The van der Waals surface area contributed by atoms with Gasteiger partial charge in [0.1, 0.15) is 17.9 Å². The Balaban J connectivity index is 0.000000326. The Morgan fingerprint density at radius 3 is 2.15 bits per heavy atom. The van der Waals surface area contributed by atoms with Crippen LogP contribution in [0.1, 0.15) is 45.1 Å². The number of rotatable bonds is 7. The fourth-order valence-electron chi connectivity index (χ4n) is 3.89. The molecule has 0 spiro atoms. The van der Waals surface area contributed by atoms with E-state index in [1.807, 2.05) is 11.9 Å². The van der Waals surface area contributed by atoms with Gasteiger partial charge in [0.25, 0.3) is 0 Å². The number of piperidine rings is 1. The Morgan fingerprint density at radius 2 is 1.67 bits per heavy atom. The minimum Gasteiger partial charge on any atom is -0.444 e. The van der Waals surface area contributed by atoms with Gasteiger partial charge >= 0.3 is 12.1 Å². The molecule has 0 bridgehead atoms. The number of carbonyl (C=O) groups excluding carboxylic acids is 3. The first-order valence-corrected chi connectivity index (χ1v) is 13.4. The zero-order chi connectivity index (χ0) is 29.0. The highest BCUT2D eigenvalue weighted by molar-refractivity contribution is 6.39. The zero-order valence-corrected chi connectivity index (χ0v) is 24.6. The number of nitrogens with one attached hydrogen (secondary N) is 3. The van der Waals surface area contributed by atoms with Crippen LogP contribution in [0.15, 0.2) is 42.5 Å². The van der Waals surface area contributed by atoms with Crippen LogP contribution in [0.25, 0.3) is 0 Å². The number of para-hydroxylation sites is 1. The average Bonchev–Trinajstić information content (AvgIpc) is 2.90. The molecule has 1 heterocycles. The molecule has 2 aromatic carbocycles. The lowest BCUT2D eigenvalue weighted by Gasteiger charge is -2.32. The molecule has 3 rings (SSSR count). The Kier molecular flexibility index (Phi) is 12.8. The Hall–Kier alpha value is -3.01. The number of likely N-dealkylation sites (tertiary alicyclic amines) is 1. The molecule has 1 aliphatic heterocycles. The van der Waals surface area contributed by atoms with Crippen molar-refractivity contribution in [2.24, 2.45) is 0 Å². The summed E-state index contributed by atoms with van der Waals surface area (Å²) in [5.41, 5.74) is 2.34. The number of carbonyl (C=O) groups is 3. The topological polar surface area (TPSA) is 109 Å². The predicted molar refractivity (Wildman–Crippen MR) is 156 cm³/mol. The van der Waals surface area contributed by atoms with E-state index in [0.29, 0.717) is 41.0 Å². The van der Waals surface area contributed by atoms with E-state index in [4.69, 9.17) is 32.7 Å². The Labute approximate surface area is 240 Å². The third-order valence-corrected chi connectivity index (χ3v) is 6.49. The fraction of sp³-hybridized carbons (Fsp3) is 0.464. The van der Waals surface area contributed by atoms with Gasteiger partial charge in [-0.15, -0.1) is 0 Å². The predicted octanol–water partition coefficient (Wildman–Crippen LogP) is 6.17. The number of ether oxygens (including phenoxy) is 2. The van der Waals surface area contributed by atoms with Crippen molar-refractivity contribution in [3.8, 4) is 0 Å². The van der Waals surface area contributed by atoms with Gasteiger partial charge in [-0.2, -0.15) is 0 Å². The van der Waals surface area contributed by atoms with E-state index >= 15 is 0 Å². The molecule has 1 aliphatic rings. The lowest BCUT2D eigenvalue weighted by Crippen LogP contribution is -2.42. The van der Waals surface area contributed by atoms with Crippen LogP contribution in [0.3, 0.4) is 0 Å². The summed E-state index contributed by atoms with van der Waals surface area (Å²) in [6.07, 6.45) is 1.88. The third-order valence-electron chi connectivity index (χ3n) is 5.86. The summed E-state index contributed by atoms with van der Waals surface area (Å²) in [4.78, 5) is 35.9. The quantitative estimate of drug-likeness (QED) is 0.338. The van der Waals surface area contributed by atoms with Crippen LogP contribution in [-0.4, -0.2) is 68.8 Å². The molecule has 11 heteroatoms. The number of anilines is 2. The van der Waals surface area contributed by atoms with Crippen molar-refractivity contribution in [2.75, 3.05) is 44.5 Å². The van der Waals surface area contributed by atoms with Crippen LogP contribution in [0, 0.1) is 0 Å². The molecule has 9 nitrogen and oxygen atoms in total. The summed E-state index contributed by atoms with van der Waals surface area (Å²) in [6, 6.07) is 12.9. The summed E-state index contributed by atoms with van der Waals surface area (Å²) in [5.74, 6) is 0.485. The second-order valence-corrected chi connectivity index (χ2v) is 10.8. The number of hydrogen-bond acceptors (Lipinski definition) is 6. The summed E-state index contributed by atoms with van der Waals surface area (Å²) in [5, 5.41) is 9.22. The molecule has 3 amide bonds. The Morgan fingerprint density at radius 1 is 1.08 bits per heavy atom. The van der Waals surface area contributed by atoms with Crippen LogP contribution in [0.2, 0.25) is 10.0 Å². The maximum Gasteiger partial charge on any atom is 0.408 e. The average molecular weight is 582 g/mol. The van der Waals surface area contributed by atoms with Crippen molar-refractivity contribution < 1.29 is 23.9 Å². The molecule has 1 fully saturated rings. The standard InChI is InChI=1S/C19H21Cl2N3O.C9H17NO4/c1-22-15-7-5-13(6-8-15)14-9-11-24(12-10-14)19(25)23-18-16(20)3-2-4-17(18)21;1-9(2,3)14-8(12)10-7(5-11)6-13-4/h2-8,14,22H,9-12H2,1H3,(H,23,25);5,7H,6H2,1-4H3,(H,10,12). The summed E-state index contributed by atoms with van der Waals surface area (Å²) < 4.78 is 9.68. The van der Waals surface area contributed by atoms with Gasteiger partial charge in [0, 0.05) is 32.9 Å². The van der Waals surface area contributed by atoms with E-state index < -0.39 is 17.7 Å². The molecule has 1 unspecified atom stereocenters. The number of nitrogens with zero attached hydrogens (tertiary/aromatic N) is 1. The highest BCUT2D eigenvalue weighted by atomic mass is 35.5. The van der Waals surface area contributed by atoms with E-state index in [9.17, 15) is 14.4 Å². The smallest absolute Gasteiger partial charge is 0.408 e. The van der Waals surface area contributed by atoms with Gasteiger partial charge in [0.15, 0.2) is 0 Å². The first kappa shape index (κ1) is 32.2. The molecule has 1 atom stereocenters. The van der Waals surface area contributed by atoms with Gasteiger partial charge in [-0.05, 0) is 69.4 Å². The number of aldehydes is 1. The van der Waals surface area contributed by atoms with Crippen molar-refractivity contribution in [2.45, 2.75) is 51.2 Å². The second-order valence-electron chi connectivity index (χ2n) is 10.0. The lowest BCUT2D eigenvalue weighted by atomic mass is 9.89. The van der Waals surface area contributed by atoms with Gasteiger partial charge in [0.05, 0.1) is 22.3 Å². The third kappa shape index (κ3) is 10.9. The van der Waals surface area contributed by atoms with Crippen molar-refractivity contribution >= 4 is 53.0 Å². The summed E-state index contributed by atoms with van der Waals surface area (Å²) in [6.45, 7) is 6.82. The lowest BCUT2D eigenvalue weighted by molar-refractivity contribution is -0.110. The minimum absolute atomic E-state index is 0.142. The largest absolute Gasteiger partial charge is 0.444 e. The molecule has 0 aliphatic carbocycles. The fourth-order valence-corrected chi connectivity index (χ4v) is 4.39. The van der Waals surface area contributed by atoms with Crippen LogP contribution >= 0.6 is 23.2 Å². The SMILES string of the molecule is CNc1ccc(C2CCN(C(=O)Nc3c(Cl)cccc3Cl)CC2)cc1.COCC(C=O)NC(=O)OC(C)(C)C. The van der Waals surface area contributed by atoms with Crippen molar-refractivity contribution in [3.63, 3.8) is 0 Å². The van der Waals surface area contributed by atoms with Gasteiger partial charge in [0.2, 0.25) is 0 Å². The molecule has 0 saturated carbocycles. The molecule has 1 saturated heterocycles. The minimum atomic E-state index is -0.658. The first-order chi connectivity index (χ1) is 18.5. The van der Waals surface area contributed by atoms with Crippen LogP contribution in [0.5, 0.6) is 0 Å². The molecular weight excluding hydrogens is 543 g/mol. The van der Waals surface area contributed by atoms with Crippen molar-refractivity contribution in [1.82, 2.24) is 10.2 Å². The van der Waals surface area contributed by atoms with E-state index in [0.717, 1.165) is 18.5 Å². The number of halogens is 2. The Bertz CT molecular complexity index is 1060. The number of hydrogen-bond donors (Lipinski definition) is 3. The second kappa shape index (κ2) is 15.5. The van der Waals surface area contributed by atoms with Gasteiger partial charge < -0.3 is 35.1 Å². The van der Waals surface area contributed by atoms with Gasteiger partial charge in [-0.3, -0.25) is 0 Å². The van der Waals surface area contributed by atoms with Crippen LogP contribution in [0.4, 0.5) is 21.0 Å². The van der Waals surface area contributed by atoms with Crippen LogP contribution < -0.4 is 16.0 Å². The monoisotopic (exact) mass is 580 g/mol. The van der Waals surface area contributed by atoms with E-state index in [1.165, 1.54) is 12.7 Å². The summed E-state index contributed by atoms with van der Waals surface area (Å²) >= 11 is 12.2. The molecule has 214 valence electrons. The number of amides is 3. The van der Waals surface area contributed by atoms with Crippen molar-refractivity contribution in [1.29, 1.82) is 0 Å². The van der Waals surface area contributed by atoms with E-state index in [1.54, 1.807) is 39.0 Å². The first-order valence-electron chi connectivity index (χ1n) is 12.7. The highest BCUT2D eigenvalue weighted by Crippen LogP contribution is 2.32. The van der Waals surface area contributed by atoms with Gasteiger partial charge in [-0.25, -0.2) is 9.59 Å². The molecule has 3 N–H and O–H groups in total. The number of benzene rings is 2. The number of urea groups is 1. The molecule has 0 aromatic heterocycles. The summed E-state index contributed by atoms with van der Waals surface area (Å²) in [7, 11) is 3.37. The number of alkyl carbamates (subject to hydrolysis) is 1. The molecule has 0 radical (unpaired) electrons. The van der Waals surface area contributed by atoms with E-state index in [-0.39, 0.29) is 12.6 Å². The van der Waals surface area contributed by atoms with Crippen molar-refractivity contribution in [3.05, 3.63) is 58.1 Å². The van der Waals surface area contributed by atoms with Gasteiger partial charge in [-0.1, -0.05) is 41.4 Å². The number of methoxy groups -OCH3 is 1. The highest BCUT2D eigenvalue weighted by Gasteiger charge is 2.24. The molecular formula is C28H38Cl2N4O5. The van der Waals surface area contributed by atoms with E-state index in [2.05, 4.69) is 40.2 Å². The zero-order valence-electron chi connectivity index (χ0n) is 23.1. The maximum absolute atomic E-state index is 12.5. The molecule has 2 aromatic rings. The van der Waals surface area contributed by atoms with Crippen LogP contribution in [-0.2, 0) is 14.3 Å². The maximum atomic E-state index is 12.5. The molecule has 39 heavy (non-hydrogen) atoms.